The van der Waals surface area contributed by atoms with E-state index in [1.54, 1.807) is 12.5 Å². The van der Waals surface area contributed by atoms with E-state index < -0.39 is 5.60 Å². The molecule has 6 heteroatoms. The van der Waals surface area contributed by atoms with Crippen molar-refractivity contribution < 1.29 is 9.53 Å². The van der Waals surface area contributed by atoms with Crippen molar-refractivity contribution in [2.45, 2.75) is 64.8 Å². The minimum absolute atomic E-state index is 0.102. The maximum Gasteiger partial charge on any atom is 0.410 e. The van der Waals surface area contributed by atoms with Gasteiger partial charge >= 0.3 is 6.09 Å². The standard InChI is InChI=1S/C16H26N4O2/c1-12-14(18-10-13-7-8-17-11-19-13)6-5-9-20(12)15(21)22-16(2,3)4/h7-8,11-12,14,18H,5-6,9-10H2,1-4H3. The number of amides is 1. The second kappa shape index (κ2) is 7.05. The fourth-order valence-electron chi connectivity index (χ4n) is 2.65. The Morgan fingerprint density at radius 2 is 2.27 bits per heavy atom. The smallest absolute Gasteiger partial charge is 0.410 e. The van der Waals surface area contributed by atoms with Crippen molar-refractivity contribution in [3.8, 4) is 0 Å². The van der Waals surface area contributed by atoms with Crippen LogP contribution in [0, 0.1) is 0 Å². The lowest BCUT2D eigenvalue weighted by Crippen LogP contribution is -2.55. The van der Waals surface area contributed by atoms with Crippen molar-refractivity contribution >= 4 is 6.09 Å². The van der Waals surface area contributed by atoms with Gasteiger partial charge in [0.05, 0.1) is 5.69 Å². The van der Waals surface area contributed by atoms with Crippen LogP contribution in [0.1, 0.15) is 46.2 Å². The molecule has 22 heavy (non-hydrogen) atoms. The first-order valence-corrected chi connectivity index (χ1v) is 7.85. The molecule has 1 aliphatic rings. The number of carbonyl (C=O) groups excluding carboxylic acids is 1. The van der Waals surface area contributed by atoms with E-state index in [0.717, 1.165) is 25.1 Å². The lowest BCUT2D eigenvalue weighted by atomic mass is 9.98. The van der Waals surface area contributed by atoms with E-state index in [2.05, 4.69) is 22.2 Å². The van der Waals surface area contributed by atoms with E-state index in [-0.39, 0.29) is 18.2 Å². The van der Waals surface area contributed by atoms with Gasteiger partial charge in [0, 0.05) is 31.4 Å². The van der Waals surface area contributed by atoms with Gasteiger partial charge in [-0.2, -0.15) is 0 Å². The van der Waals surface area contributed by atoms with Crippen LogP contribution in [0.25, 0.3) is 0 Å². The molecule has 0 aliphatic carbocycles. The lowest BCUT2D eigenvalue weighted by molar-refractivity contribution is 0.00697. The Kier molecular flexibility index (Phi) is 5.34. The highest BCUT2D eigenvalue weighted by atomic mass is 16.6. The van der Waals surface area contributed by atoms with Gasteiger partial charge in [0.25, 0.3) is 0 Å². The number of nitrogens with zero attached hydrogens (tertiary/aromatic N) is 3. The van der Waals surface area contributed by atoms with Crippen molar-refractivity contribution in [2.75, 3.05) is 6.54 Å². The number of aromatic nitrogens is 2. The highest BCUT2D eigenvalue weighted by molar-refractivity contribution is 5.68. The number of piperidine rings is 1. The molecule has 1 aromatic rings. The van der Waals surface area contributed by atoms with Crippen molar-refractivity contribution in [3.05, 3.63) is 24.3 Å². The third-order valence-electron chi connectivity index (χ3n) is 3.80. The van der Waals surface area contributed by atoms with Crippen molar-refractivity contribution in [1.82, 2.24) is 20.2 Å². The van der Waals surface area contributed by atoms with Gasteiger partial charge in [-0.3, -0.25) is 0 Å². The maximum atomic E-state index is 12.3. The van der Waals surface area contributed by atoms with Crippen molar-refractivity contribution in [1.29, 1.82) is 0 Å². The molecule has 1 amide bonds. The molecule has 0 aromatic carbocycles. The van der Waals surface area contributed by atoms with Gasteiger partial charge in [0.2, 0.25) is 0 Å². The van der Waals surface area contributed by atoms with Gasteiger partial charge in [-0.15, -0.1) is 0 Å². The Morgan fingerprint density at radius 1 is 1.50 bits per heavy atom. The average molecular weight is 306 g/mol. The van der Waals surface area contributed by atoms with Crippen LogP contribution in [0.4, 0.5) is 4.79 Å². The summed E-state index contributed by atoms with van der Waals surface area (Å²) in [6.45, 7) is 9.18. The van der Waals surface area contributed by atoms with E-state index in [1.165, 1.54) is 0 Å². The normalized spacial score (nSPS) is 22.5. The summed E-state index contributed by atoms with van der Waals surface area (Å²) in [4.78, 5) is 22.3. The Hall–Kier alpha value is -1.69. The summed E-state index contributed by atoms with van der Waals surface area (Å²) in [6.07, 6.45) is 5.08. The number of carbonyl (C=O) groups is 1. The van der Waals surface area contributed by atoms with Crippen LogP contribution in [-0.4, -0.2) is 45.2 Å². The molecule has 6 nitrogen and oxygen atoms in total. The molecule has 122 valence electrons. The summed E-state index contributed by atoms with van der Waals surface area (Å²) in [5.41, 5.74) is 0.495. The van der Waals surface area contributed by atoms with Gasteiger partial charge in [0.1, 0.15) is 11.9 Å². The molecule has 1 saturated heterocycles. The van der Waals surface area contributed by atoms with Crippen molar-refractivity contribution in [2.24, 2.45) is 0 Å². The minimum atomic E-state index is -0.460. The molecular weight excluding hydrogens is 280 g/mol. The molecule has 0 radical (unpaired) electrons. The molecule has 0 spiro atoms. The fraction of sp³-hybridized carbons (Fsp3) is 0.688. The molecule has 1 aromatic heterocycles. The largest absolute Gasteiger partial charge is 0.444 e. The third kappa shape index (κ3) is 4.66. The Bertz CT molecular complexity index is 487. The molecule has 2 rings (SSSR count). The number of hydrogen-bond donors (Lipinski definition) is 1. The monoisotopic (exact) mass is 306 g/mol. The highest BCUT2D eigenvalue weighted by Gasteiger charge is 2.33. The summed E-state index contributed by atoms with van der Waals surface area (Å²) >= 11 is 0. The van der Waals surface area contributed by atoms with E-state index in [1.807, 2.05) is 31.7 Å². The highest BCUT2D eigenvalue weighted by Crippen LogP contribution is 2.21. The molecule has 2 atom stereocenters. The van der Waals surface area contributed by atoms with Gasteiger partial charge in [0.15, 0.2) is 0 Å². The lowest BCUT2D eigenvalue weighted by Gasteiger charge is -2.40. The molecule has 2 heterocycles. The van der Waals surface area contributed by atoms with E-state index in [9.17, 15) is 4.79 Å². The topological polar surface area (TPSA) is 67.4 Å². The Labute approximate surface area is 132 Å². The van der Waals surface area contributed by atoms with Crippen LogP contribution in [0.3, 0.4) is 0 Å². The van der Waals surface area contributed by atoms with Crippen LogP contribution in [-0.2, 0) is 11.3 Å². The first-order valence-electron chi connectivity index (χ1n) is 7.85. The summed E-state index contributed by atoms with van der Waals surface area (Å²) in [7, 11) is 0. The second-order valence-corrected chi connectivity index (χ2v) is 6.74. The Balaban J connectivity index is 1.92. The fourth-order valence-corrected chi connectivity index (χ4v) is 2.65. The number of nitrogens with one attached hydrogen (secondary N) is 1. The zero-order valence-corrected chi connectivity index (χ0v) is 13.9. The molecule has 1 aliphatic heterocycles. The predicted octanol–water partition coefficient (Wildman–Crippen LogP) is 2.35. The molecule has 0 bridgehead atoms. The first-order chi connectivity index (χ1) is 10.4. The molecule has 1 fully saturated rings. The van der Waals surface area contributed by atoms with Crippen LogP contribution in [0.15, 0.2) is 18.6 Å². The number of hydrogen-bond acceptors (Lipinski definition) is 5. The van der Waals surface area contributed by atoms with Gasteiger partial charge in [-0.05, 0) is 46.6 Å². The molecular formula is C16H26N4O2. The third-order valence-corrected chi connectivity index (χ3v) is 3.80. The summed E-state index contributed by atoms with van der Waals surface area (Å²) in [6, 6.07) is 2.24. The van der Waals surface area contributed by atoms with Crippen LogP contribution >= 0.6 is 0 Å². The zero-order chi connectivity index (χ0) is 16.2. The quantitative estimate of drug-likeness (QED) is 0.928. The summed E-state index contributed by atoms with van der Waals surface area (Å²) in [5.74, 6) is 0. The van der Waals surface area contributed by atoms with Gasteiger partial charge in [-0.25, -0.2) is 14.8 Å². The Morgan fingerprint density at radius 3 is 2.91 bits per heavy atom. The van der Waals surface area contributed by atoms with E-state index >= 15 is 0 Å². The predicted molar refractivity (Wildman–Crippen MR) is 84.3 cm³/mol. The average Bonchev–Trinajstić information content (AvgIpc) is 2.45. The van der Waals surface area contributed by atoms with E-state index in [0.29, 0.717) is 6.54 Å². The van der Waals surface area contributed by atoms with Gasteiger partial charge in [-0.1, -0.05) is 0 Å². The molecule has 2 unspecified atom stereocenters. The molecule has 0 saturated carbocycles. The summed E-state index contributed by atoms with van der Waals surface area (Å²) in [5, 5.41) is 3.50. The summed E-state index contributed by atoms with van der Waals surface area (Å²) < 4.78 is 5.50. The first kappa shape index (κ1) is 16.7. The zero-order valence-electron chi connectivity index (χ0n) is 13.9. The maximum absolute atomic E-state index is 12.3. The van der Waals surface area contributed by atoms with Crippen LogP contribution in [0.2, 0.25) is 0 Å². The number of ether oxygens (including phenoxy) is 1. The van der Waals surface area contributed by atoms with E-state index in [4.69, 9.17) is 4.74 Å². The van der Waals surface area contributed by atoms with Gasteiger partial charge < -0.3 is 15.0 Å². The van der Waals surface area contributed by atoms with Crippen molar-refractivity contribution in [3.63, 3.8) is 0 Å². The van der Waals surface area contributed by atoms with Crippen LogP contribution in [0.5, 0.6) is 0 Å². The SMILES string of the molecule is CC1C(NCc2ccncn2)CCCN1C(=O)OC(C)(C)C. The second-order valence-electron chi connectivity index (χ2n) is 6.74. The number of rotatable bonds is 3. The molecule has 1 N–H and O–H groups in total. The van der Waals surface area contributed by atoms with Crippen LogP contribution < -0.4 is 5.32 Å². The number of likely N-dealkylation sites (tertiary alicyclic amines) is 1. The minimum Gasteiger partial charge on any atom is -0.444 e.